The maximum Gasteiger partial charge on any atom is 0.153 e. The zero-order chi connectivity index (χ0) is 9.97. The molecule has 0 bridgehead atoms. The SMILES string of the molecule is CCOc1ccnc2c(C=O)c[nH]c12. The number of H-pyrrole nitrogens is 1. The third-order valence-electron chi connectivity index (χ3n) is 1.99. The highest BCUT2D eigenvalue weighted by Gasteiger charge is 2.08. The first-order chi connectivity index (χ1) is 6.86. The fourth-order valence-corrected chi connectivity index (χ4v) is 1.39. The highest BCUT2D eigenvalue weighted by Crippen LogP contribution is 2.24. The number of aromatic amines is 1. The van der Waals surface area contributed by atoms with E-state index in [-0.39, 0.29) is 0 Å². The van der Waals surface area contributed by atoms with Gasteiger partial charge < -0.3 is 9.72 Å². The van der Waals surface area contributed by atoms with E-state index in [0.29, 0.717) is 17.7 Å². The molecule has 0 unspecified atom stereocenters. The van der Waals surface area contributed by atoms with Crippen molar-refractivity contribution in [3.63, 3.8) is 0 Å². The van der Waals surface area contributed by atoms with Gasteiger partial charge in [-0.05, 0) is 6.92 Å². The Labute approximate surface area is 80.9 Å². The number of hydrogen-bond donors (Lipinski definition) is 1. The predicted octanol–water partition coefficient (Wildman–Crippen LogP) is 1.77. The first-order valence-corrected chi connectivity index (χ1v) is 4.41. The molecule has 1 N–H and O–H groups in total. The molecule has 2 aromatic heterocycles. The molecule has 2 heterocycles. The molecule has 0 saturated heterocycles. The van der Waals surface area contributed by atoms with Gasteiger partial charge in [0.25, 0.3) is 0 Å². The molecule has 14 heavy (non-hydrogen) atoms. The van der Waals surface area contributed by atoms with E-state index < -0.39 is 0 Å². The second kappa shape index (κ2) is 3.49. The number of rotatable bonds is 3. The number of fused-ring (bicyclic) bond motifs is 1. The number of hydrogen-bond acceptors (Lipinski definition) is 3. The highest BCUT2D eigenvalue weighted by molar-refractivity contribution is 5.96. The van der Waals surface area contributed by atoms with Crippen molar-refractivity contribution in [1.29, 1.82) is 0 Å². The number of carbonyl (C=O) groups excluding carboxylic acids is 1. The maximum absolute atomic E-state index is 10.6. The van der Waals surface area contributed by atoms with E-state index in [1.807, 2.05) is 6.92 Å². The quantitative estimate of drug-likeness (QED) is 0.750. The molecule has 0 aliphatic rings. The van der Waals surface area contributed by atoms with Gasteiger partial charge in [0.2, 0.25) is 0 Å². The second-order valence-corrected chi connectivity index (χ2v) is 2.83. The minimum Gasteiger partial charge on any atom is -0.492 e. The van der Waals surface area contributed by atoms with Crippen LogP contribution in [-0.4, -0.2) is 22.9 Å². The van der Waals surface area contributed by atoms with Gasteiger partial charge in [0, 0.05) is 18.5 Å². The van der Waals surface area contributed by atoms with Gasteiger partial charge >= 0.3 is 0 Å². The molecule has 0 radical (unpaired) electrons. The van der Waals surface area contributed by atoms with Crippen LogP contribution < -0.4 is 4.74 Å². The number of nitrogens with zero attached hydrogens (tertiary/aromatic N) is 1. The van der Waals surface area contributed by atoms with Crippen LogP contribution in [0.1, 0.15) is 17.3 Å². The molecule has 0 aliphatic heterocycles. The summed E-state index contributed by atoms with van der Waals surface area (Å²) in [5.41, 5.74) is 1.99. The van der Waals surface area contributed by atoms with Crippen LogP contribution in [0.15, 0.2) is 18.5 Å². The van der Waals surface area contributed by atoms with Gasteiger partial charge in [-0.2, -0.15) is 0 Å². The minimum absolute atomic E-state index is 0.557. The van der Waals surface area contributed by atoms with Crippen LogP contribution in [0.25, 0.3) is 11.0 Å². The standard InChI is InChI=1S/C10H10N2O2/c1-2-14-8-3-4-11-9-7(6-13)5-12-10(8)9/h3-6,12H,2H2,1H3. The lowest BCUT2D eigenvalue weighted by atomic mass is 10.3. The summed E-state index contributed by atoms with van der Waals surface area (Å²) in [4.78, 5) is 17.7. The summed E-state index contributed by atoms with van der Waals surface area (Å²) in [6, 6.07) is 1.77. The molecule has 72 valence electrons. The number of aldehydes is 1. The Hall–Kier alpha value is -1.84. The molecule has 0 atom stereocenters. The molecule has 0 amide bonds. The Morgan fingerprint density at radius 3 is 3.21 bits per heavy atom. The lowest BCUT2D eigenvalue weighted by molar-refractivity contribution is 0.112. The molecule has 2 rings (SSSR count). The van der Waals surface area contributed by atoms with Crippen molar-refractivity contribution in [3.05, 3.63) is 24.0 Å². The lowest BCUT2D eigenvalue weighted by Crippen LogP contribution is -1.92. The minimum atomic E-state index is 0.557. The van der Waals surface area contributed by atoms with Gasteiger partial charge in [0.05, 0.1) is 12.2 Å². The Morgan fingerprint density at radius 1 is 1.64 bits per heavy atom. The second-order valence-electron chi connectivity index (χ2n) is 2.83. The monoisotopic (exact) mass is 190 g/mol. The Bertz CT molecular complexity index is 462. The number of nitrogens with one attached hydrogen (secondary N) is 1. The predicted molar refractivity (Wildman–Crippen MR) is 52.7 cm³/mol. The molecule has 0 aromatic carbocycles. The fourth-order valence-electron chi connectivity index (χ4n) is 1.39. The van der Waals surface area contributed by atoms with Crippen molar-refractivity contribution in [1.82, 2.24) is 9.97 Å². The number of ether oxygens (including phenoxy) is 1. The number of pyridine rings is 1. The Morgan fingerprint density at radius 2 is 2.50 bits per heavy atom. The van der Waals surface area contributed by atoms with Crippen molar-refractivity contribution in [2.75, 3.05) is 6.61 Å². The van der Waals surface area contributed by atoms with E-state index in [2.05, 4.69) is 9.97 Å². The van der Waals surface area contributed by atoms with Crippen LogP contribution in [0.2, 0.25) is 0 Å². The van der Waals surface area contributed by atoms with Crippen molar-refractivity contribution in [3.8, 4) is 5.75 Å². The fraction of sp³-hybridized carbons (Fsp3) is 0.200. The number of aromatic nitrogens is 2. The van der Waals surface area contributed by atoms with Crippen molar-refractivity contribution in [2.24, 2.45) is 0 Å². The molecule has 4 heteroatoms. The van der Waals surface area contributed by atoms with Crippen LogP contribution in [0.4, 0.5) is 0 Å². The van der Waals surface area contributed by atoms with Gasteiger partial charge in [-0.1, -0.05) is 0 Å². The molecule has 4 nitrogen and oxygen atoms in total. The number of carbonyl (C=O) groups is 1. The molecule has 0 fully saturated rings. The van der Waals surface area contributed by atoms with E-state index >= 15 is 0 Å². The average Bonchev–Trinajstić information content (AvgIpc) is 2.62. The molecule has 0 spiro atoms. The van der Waals surface area contributed by atoms with Crippen LogP contribution in [-0.2, 0) is 0 Å². The summed E-state index contributed by atoms with van der Waals surface area (Å²) in [5.74, 6) is 0.727. The first-order valence-electron chi connectivity index (χ1n) is 4.41. The summed E-state index contributed by atoms with van der Waals surface area (Å²) in [6.07, 6.45) is 4.04. The zero-order valence-corrected chi connectivity index (χ0v) is 7.78. The maximum atomic E-state index is 10.6. The third-order valence-corrected chi connectivity index (χ3v) is 1.99. The summed E-state index contributed by atoms with van der Waals surface area (Å²) < 4.78 is 5.39. The topological polar surface area (TPSA) is 55.0 Å². The molecule has 0 saturated carbocycles. The molecule has 2 aromatic rings. The largest absolute Gasteiger partial charge is 0.492 e. The molecular formula is C10H10N2O2. The average molecular weight is 190 g/mol. The Balaban J connectivity index is 2.63. The summed E-state index contributed by atoms with van der Waals surface area (Å²) >= 11 is 0. The lowest BCUT2D eigenvalue weighted by Gasteiger charge is -2.02. The van der Waals surface area contributed by atoms with E-state index in [1.165, 1.54) is 0 Å². The summed E-state index contributed by atoms with van der Waals surface area (Å²) in [5, 5.41) is 0. The zero-order valence-electron chi connectivity index (χ0n) is 7.78. The Kier molecular flexibility index (Phi) is 2.18. The smallest absolute Gasteiger partial charge is 0.153 e. The van der Waals surface area contributed by atoms with Crippen LogP contribution in [0.5, 0.6) is 5.75 Å². The van der Waals surface area contributed by atoms with Gasteiger partial charge in [-0.15, -0.1) is 0 Å². The molecule has 0 aliphatic carbocycles. The van der Waals surface area contributed by atoms with Gasteiger partial charge in [-0.3, -0.25) is 9.78 Å². The van der Waals surface area contributed by atoms with E-state index in [0.717, 1.165) is 17.6 Å². The van der Waals surface area contributed by atoms with Gasteiger partial charge in [-0.25, -0.2) is 0 Å². The van der Waals surface area contributed by atoms with E-state index in [9.17, 15) is 4.79 Å². The normalized spacial score (nSPS) is 10.4. The van der Waals surface area contributed by atoms with E-state index in [4.69, 9.17) is 4.74 Å². The highest BCUT2D eigenvalue weighted by atomic mass is 16.5. The summed E-state index contributed by atoms with van der Waals surface area (Å²) in [7, 11) is 0. The van der Waals surface area contributed by atoms with Crippen molar-refractivity contribution in [2.45, 2.75) is 6.92 Å². The van der Waals surface area contributed by atoms with Crippen LogP contribution >= 0.6 is 0 Å². The van der Waals surface area contributed by atoms with Crippen LogP contribution in [0, 0.1) is 0 Å². The summed E-state index contributed by atoms with van der Waals surface area (Å²) in [6.45, 7) is 2.50. The van der Waals surface area contributed by atoms with Crippen LogP contribution in [0.3, 0.4) is 0 Å². The molecular weight excluding hydrogens is 180 g/mol. The third kappa shape index (κ3) is 1.25. The van der Waals surface area contributed by atoms with Crippen molar-refractivity contribution < 1.29 is 9.53 Å². The first kappa shape index (κ1) is 8.74. The van der Waals surface area contributed by atoms with Crippen molar-refractivity contribution >= 4 is 17.3 Å². The van der Waals surface area contributed by atoms with Gasteiger partial charge in [0.15, 0.2) is 6.29 Å². The van der Waals surface area contributed by atoms with E-state index in [1.54, 1.807) is 18.5 Å². The van der Waals surface area contributed by atoms with Gasteiger partial charge in [0.1, 0.15) is 16.8 Å².